The fraction of sp³-hybridized carbons (Fsp3) is 0.929. The van der Waals surface area contributed by atoms with E-state index in [9.17, 15) is 4.79 Å². The molecule has 0 aromatic carbocycles. The number of rotatable bonds is 5. The first kappa shape index (κ1) is 14.8. The van der Waals surface area contributed by atoms with Crippen molar-refractivity contribution in [2.24, 2.45) is 11.7 Å². The molecule has 3 N–H and O–H groups in total. The Labute approximate surface area is 115 Å². The Morgan fingerprint density at radius 2 is 2.32 bits per heavy atom. The van der Waals surface area contributed by atoms with Crippen molar-refractivity contribution in [3.05, 3.63) is 0 Å². The van der Waals surface area contributed by atoms with Gasteiger partial charge in [0.2, 0.25) is 5.91 Å². The van der Waals surface area contributed by atoms with Crippen LogP contribution >= 0.6 is 0 Å². The van der Waals surface area contributed by atoms with E-state index in [4.69, 9.17) is 10.5 Å². The Morgan fingerprint density at radius 3 is 2.84 bits per heavy atom. The second-order valence-electron chi connectivity index (χ2n) is 6.12. The molecule has 19 heavy (non-hydrogen) atoms. The molecule has 2 aliphatic rings. The highest BCUT2D eigenvalue weighted by atomic mass is 16.5. The normalized spacial score (nSPS) is 35.7. The van der Waals surface area contributed by atoms with E-state index in [1.165, 1.54) is 12.8 Å². The fourth-order valence-electron chi connectivity index (χ4n) is 3.48. The molecule has 0 aromatic heterocycles. The molecule has 1 aliphatic heterocycles. The summed E-state index contributed by atoms with van der Waals surface area (Å²) >= 11 is 0. The van der Waals surface area contributed by atoms with Crippen molar-refractivity contribution in [1.29, 1.82) is 0 Å². The van der Waals surface area contributed by atoms with Crippen molar-refractivity contribution in [3.8, 4) is 0 Å². The molecule has 1 amide bonds. The molecular formula is C14H27N3O2. The average molecular weight is 269 g/mol. The number of carbonyl (C=O) groups excluding carboxylic acids is 1. The van der Waals surface area contributed by atoms with E-state index in [0.717, 1.165) is 39.0 Å². The SMILES string of the molecule is CNC1(C(N)=O)CCC(N(C)CC2CCCOC2)C1. The highest BCUT2D eigenvalue weighted by Gasteiger charge is 2.44. The zero-order valence-electron chi connectivity index (χ0n) is 12.2. The van der Waals surface area contributed by atoms with E-state index < -0.39 is 5.54 Å². The molecule has 1 saturated heterocycles. The van der Waals surface area contributed by atoms with Crippen LogP contribution in [0.15, 0.2) is 0 Å². The van der Waals surface area contributed by atoms with E-state index >= 15 is 0 Å². The van der Waals surface area contributed by atoms with E-state index in [1.807, 2.05) is 7.05 Å². The van der Waals surface area contributed by atoms with Crippen LogP contribution in [0.3, 0.4) is 0 Å². The largest absolute Gasteiger partial charge is 0.381 e. The maximum Gasteiger partial charge on any atom is 0.237 e. The lowest BCUT2D eigenvalue weighted by atomic mass is 9.96. The number of hydrogen-bond donors (Lipinski definition) is 2. The first-order chi connectivity index (χ1) is 9.07. The quantitative estimate of drug-likeness (QED) is 0.755. The van der Waals surface area contributed by atoms with E-state index in [1.54, 1.807) is 0 Å². The predicted molar refractivity (Wildman–Crippen MR) is 74.8 cm³/mol. The molecule has 5 nitrogen and oxygen atoms in total. The highest BCUT2D eigenvalue weighted by Crippen LogP contribution is 2.33. The second-order valence-corrected chi connectivity index (χ2v) is 6.12. The number of nitrogens with one attached hydrogen (secondary N) is 1. The highest BCUT2D eigenvalue weighted by molar-refractivity contribution is 5.85. The molecule has 0 radical (unpaired) electrons. The summed E-state index contributed by atoms with van der Waals surface area (Å²) in [5.41, 5.74) is 5.05. The summed E-state index contributed by atoms with van der Waals surface area (Å²) in [6.45, 7) is 2.85. The number of primary amides is 1. The topological polar surface area (TPSA) is 67.6 Å². The molecular weight excluding hydrogens is 242 g/mol. The molecule has 1 heterocycles. The summed E-state index contributed by atoms with van der Waals surface area (Å²) < 4.78 is 5.53. The first-order valence-electron chi connectivity index (χ1n) is 7.34. The minimum absolute atomic E-state index is 0.216. The monoisotopic (exact) mass is 269 g/mol. The molecule has 0 spiro atoms. The lowest BCUT2D eigenvalue weighted by Gasteiger charge is -2.32. The van der Waals surface area contributed by atoms with E-state index in [-0.39, 0.29) is 5.91 Å². The molecule has 2 rings (SSSR count). The summed E-state index contributed by atoms with van der Waals surface area (Å²) in [5.74, 6) is 0.420. The molecule has 2 fully saturated rings. The van der Waals surface area contributed by atoms with Gasteiger partial charge in [-0.05, 0) is 52.1 Å². The van der Waals surface area contributed by atoms with Crippen LogP contribution in [0, 0.1) is 5.92 Å². The summed E-state index contributed by atoms with van der Waals surface area (Å²) in [4.78, 5) is 14.0. The number of amides is 1. The third-order valence-corrected chi connectivity index (χ3v) is 4.86. The van der Waals surface area contributed by atoms with Gasteiger partial charge >= 0.3 is 0 Å². The van der Waals surface area contributed by atoms with Gasteiger partial charge in [0.1, 0.15) is 0 Å². The lowest BCUT2D eigenvalue weighted by Crippen LogP contribution is -2.53. The molecule has 1 saturated carbocycles. The van der Waals surface area contributed by atoms with Crippen LogP contribution in [0.2, 0.25) is 0 Å². The van der Waals surface area contributed by atoms with Gasteiger partial charge in [0.25, 0.3) is 0 Å². The summed E-state index contributed by atoms with van der Waals surface area (Å²) in [6.07, 6.45) is 5.13. The minimum Gasteiger partial charge on any atom is -0.381 e. The zero-order valence-corrected chi connectivity index (χ0v) is 12.2. The van der Waals surface area contributed by atoms with Gasteiger partial charge in [-0.15, -0.1) is 0 Å². The van der Waals surface area contributed by atoms with Crippen molar-refractivity contribution in [1.82, 2.24) is 10.2 Å². The van der Waals surface area contributed by atoms with Crippen LogP contribution in [0.25, 0.3) is 0 Å². The second kappa shape index (κ2) is 6.20. The molecule has 3 unspecified atom stereocenters. The summed E-state index contributed by atoms with van der Waals surface area (Å²) in [5, 5.41) is 3.14. The molecule has 0 aromatic rings. The van der Waals surface area contributed by atoms with Crippen molar-refractivity contribution in [2.75, 3.05) is 33.9 Å². The van der Waals surface area contributed by atoms with Crippen molar-refractivity contribution in [3.63, 3.8) is 0 Å². The number of likely N-dealkylation sites (N-methyl/N-ethyl adjacent to an activating group) is 1. The molecule has 110 valence electrons. The van der Waals surface area contributed by atoms with Crippen LogP contribution in [-0.2, 0) is 9.53 Å². The van der Waals surface area contributed by atoms with Crippen LogP contribution < -0.4 is 11.1 Å². The van der Waals surface area contributed by atoms with Crippen LogP contribution in [0.4, 0.5) is 0 Å². The van der Waals surface area contributed by atoms with Gasteiger partial charge < -0.3 is 20.7 Å². The van der Waals surface area contributed by atoms with Gasteiger partial charge in [-0.2, -0.15) is 0 Å². The Bertz CT molecular complexity index is 318. The van der Waals surface area contributed by atoms with Gasteiger partial charge in [0.15, 0.2) is 0 Å². The Morgan fingerprint density at radius 1 is 1.53 bits per heavy atom. The van der Waals surface area contributed by atoms with Crippen molar-refractivity contribution in [2.45, 2.75) is 43.7 Å². The van der Waals surface area contributed by atoms with Gasteiger partial charge in [-0.3, -0.25) is 4.79 Å². The van der Waals surface area contributed by atoms with Gasteiger partial charge in [0, 0.05) is 19.2 Å². The lowest BCUT2D eigenvalue weighted by molar-refractivity contribution is -0.124. The molecule has 5 heteroatoms. The third kappa shape index (κ3) is 3.27. The number of carbonyl (C=O) groups is 1. The van der Waals surface area contributed by atoms with E-state index in [2.05, 4.69) is 17.3 Å². The standard InChI is InChI=1S/C14H27N3O2/c1-16-14(13(15)18)6-5-12(8-14)17(2)9-11-4-3-7-19-10-11/h11-12,16H,3-10H2,1-2H3,(H2,15,18). The Balaban J connectivity index is 1.87. The van der Waals surface area contributed by atoms with Gasteiger partial charge in [-0.1, -0.05) is 0 Å². The minimum atomic E-state index is -0.498. The van der Waals surface area contributed by atoms with Crippen LogP contribution in [0.1, 0.15) is 32.1 Å². The number of hydrogen-bond acceptors (Lipinski definition) is 4. The van der Waals surface area contributed by atoms with E-state index in [0.29, 0.717) is 12.0 Å². The number of ether oxygens (including phenoxy) is 1. The summed E-state index contributed by atoms with van der Waals surface area (Å²) in [7, 11) is 3.99. The molecule has 1 aliphatic carbocycles. The first-order valence-corrected chi connectivity index (χ1v) is 7.34. The summed E-state index contributed by atoms with van der Waals surface area (Å²) in [6, 6.07) is 0.446. The maximum absolute atomic E-state index is 11.6. The zero-order chi connectivity index (χ0) is 13.9. The number of nitrogens with two attached hydrogens (primary N) is 1. The fourth-order valence-corrected chi connectivity index (χ4v) is 3.48. The Hall–Kier alpha value is -0.650. The third-order valence-electron chi connectivity index (χ3n) is 4.86. The van der Waals surface area contributed by atoms with Gasteiger partial charge in [-0.25, -0.2) is 0 Å². The Kier molecular flexibility index (Phi) is 4.81. The predicted octanol–water partition coefficient (Wildman–Crippen LogP) is 0.341. The average Bonchev–Trinajstić information content (AvgIpc) is 2.86. The molecule has 3 atom stereocenters. The smallest absolute Gasteiger partial charge is 0.237 e. The van der Waals surface area contributed by atoms with Crippen LogP contribution in [0.5, 0.6) is 0 Å². The maximum atomic E-state index is 11.6. The van der Waals surface area contributed by atoms with Gasteiger partial charge in [0.05, 0.1) is 12.1 Å². The van der Waals surface area contributed by atoms with Crippen LogP contribution in [-0.4, -0.2) is 56.2 Å². The van der Waals surface area contributed by atoms with Crippen molar-refractivity contribution >= 4 is 5.91 Å². The van der Waals surface area contributed by atoms with Crippen molar-refractivity contribution < 1.29 is 9.53 Å². The number of nitrogens with zero attached hydrogens (tertiary/aromatic N) is 1. The molecule has 0 bridgehead atoms.